The van der Waals surface area contributed by atoms with Crippen LogP contribution in [0.15, 0.2) is 91.4 Å². The van der Waals surface area contributed by atoms with Crippen LogP contribution in [0.5, 0.6) is 0 Å². The van der Waals surface area contributed by atoms with Gasteiger partial charge in [-0.25, -0.2) is 9.78 Å². The third kappa shape index (κ3) is 4.75. The summed E-state index contributed by atoms with van der Waals surface area (Å²) < 4.78 is 42.7. The molecule has 5 aromatic rings. The lowest BCUT2D eigenvalue weighted by Gasteiger charge is -2.13. The van der Waals surface area contributed by atoms with Gasteiger partial charge in [-0.1, -0.05) is 41.9 Å². The van der Waals surface area contributed by atoms with Crippen molar-refractivity contribution in [2.24, 2.45) is 0 Å². The maximum absolute atomic E-state index is 13.1. The highest BCUT2D eigenvalue weighted by Gasteiger charge is 2.30. The fourth-order valence-corrected chi connectivity index (χ4v) is 4.35. The molecule has 0 saturated heterocycles. The van der Waals surface area contributed by atoms with Crippen LogP contribution in [0, 0.1) is 6.92 Å². The van der Waals surface area contributed by atoms with Gasteiger partial charge in [-0.3, -0.25) is 0 Å². The van der Waals surface area contributed by atoms with Gasteiger partial charge in [0.15, 0.2) is 0 Å². The first-order chi connectivity index (χ1) is 17.6. The minimum Gasteiger partial charge on any atom is -0.478 e. The molecule has 0 radical (unpaired) electrons. The van der Waals surface area contributed by atoms with Gasteiger partial charge in [0, 0.05) is 33.9 Å². The molecule has 0 aliphatic rings. The molecule has 0 saturated carbocycles. The van der Waals surface area contributed by atoms with Gasteiger partial charge >= 0.3 is 12.1 Å². The Bertz CT molecular complexity index is 1600. The smallest absolute Gasteiger partial charge is 0.416 e. The van der Waals surface area contributed by atoms with Crippen LogP contribution >= 0.6 is 11.6 Å². The summed E-state index contributed by atoms with van der Waals surface area (Å²) in [6.45, 7) is 1.74. The van der Waals surface area contributed by atoms with Gasteiger partial charge in [0.05, 0.1) is 28.8 Å². The average molecular weight is 522 g/mol. The number of rotatable bonds is 5. The highest BCUT2D eigenvalue weighted by atomic mass is 35.5. The monoisotopic (exact) mass is 521 g/mol. The highest BCUT2D eigenvalue weighted by Crippen LogP contribution is 2.32. The average Bonchev–Trinajstić information content (AvgIpc) is 3.50. The van der Waals surface area contributed by atoms with Crippen molar-refractivity contribution in [3.63, 3.8) is 0 Å². The summed E-state index contributed by atoms with van der Waals surface area (Å²) >= 11 is 6.03. The Morgan fingerprint density at radius 3 is 2.24 bits per heavy atom. The fourth-order valence-electron chi connectivity index (χ4n) is 4.23. The van der Waals surface area contributed by atoms with E-state index in [1.165, 1.54) is 17.0 Å². The Morgan fingerprint density at radius 2 is 1.59 bits per heavy atom. The van der Waals surface area contributed by atoms with Crippen LogP contribution < -0.4 is 0 Å². The van der Waals surface area contributed by atoms with E-state index in [2.05, 4.69) is 4.98 Å². The van der Waals surface area contributed by atoms with E-state index in [1.54, 1.807) is 37.4 Å². The summed E-state index contributed by atoms with van der Waals surface area (Å²) in [5.41, 5.74) is 3.97. The molecule has 2 aromatic heterocycles. The molecule has 0 unspecified atom stereocenters. The number of hydrogen-bond donors (Lipinski definition) is 1. The lowest BCUT2D eigenvalue weighted by molar-refractivity contribution is -0.137. The Labute approximate surface area is 215 Å². The topological polar surface area (TPSA) is 60.0 Å². The summed E-state index contributed by atoms with van der Waals surface area (Å²) in [6, 6.07) is 21.2. The van der Waals surface area contributed by atoms with Crippen LogP contribution in [0.4, 0.5) is 13.2 Å². The first-order valence-electron chi connectivity index (χ1n) is 11.2. The predicted octanol–water partition coefficient (Wildman–Crippen LogP) is 7.68. The van der Waals surface area contributed by atoms with Crippen LogP contribution in [-0.2, 0) is 6.18 Å². The Kier molecular flexibility index (Phi) is 6.13. The van der Waals surface area contributed by atoms with Crippen molar-refractivity contribution in [2.45, 2.75) is 13.1 Å². The minimum atomic E-state index is -4.43. The van der Waals surface area contributed by atoms with E-state index >= 15 is 0 Å². The van der Waals surface area contributed by atoms with Crippen LogP contribution in [0.1, 0.15) is 21.6 Å². The molecule has 9 heteroatoms. The molecule has 0 fully saturated rings. The zero-order chi connectivity index (χ0) is 26.3. The molecule has 3 aromatic carbocycles. The number of alkyl halides is 3. The number of nitrogens with zero attached hydrogens (tertiary/aromatic N) is 3. The predicted molar refractivity (Wildman–Crippen MR) is 135 cm³/mol. The Balaban J connectivity index is 1.50. The van der Waals surface area contributed by atoms with Gasteiger partial charge in [0.1, 0.15) is 0 Å². The van der Waals surface area contributed by atoms with Gasteiger partial charge in [0.25, 0.3) is 0 Å². The third-order valence-corrected chi connectivity index (χ3v) is 6.35. The molecular weight excluding hydrogens is 503 g/mol. The number of carboxylic acid groups (broad SMARTS) is 1. The number of halogens is 4. The fraction of sp³-hybridized carbons (Fsp3) is 0.0714. The summed E-state index contributed by atoms with van der Waals surface area (Å²) in [4.78, 5) is 16.2. The highest BCUT2D eigenvalue weighted by molar-refractivity contribution is 6.30. The van der Waals surface area contributed by atoms with Crippen molar-refractivity contribution in [3.8, 4) is 33.9 Å². The molecule has 5 nitrogen and oxygen atoms in total. The van der Waals surface area contributed by atoms with Crippen molar-refractivity contribution in [3.05, 3.63) is 113 Å². The van der Waals surface area contributed by atoms with Crippen LogP contribution in [0.2, 0.25) is 5.02 Å². The molecule has 5 rings (SSSR count). The van der Waals surface area contributed by atoms with E-state index in [9.17, 15) is 23.1 Å². The zero-order valence-electron chi connectivity index (χ0n) is 19.4. The second kappa shape index (κ2) is 9.29. The molecule has 0 aliphatic heterocycles. The molecule has 2 heterocycles. The number of benzene rings is 3. The molecule has 0 aliphatic carbocycles. The molecule has 186 valence electrons. The SMILES string of the molecule is Cc1c(C(=O)O)cc(-c2ccc(Cl)cc2)n1-c1ccc(-c2cn(-c3cccc(C(F)(F)F)c3)cn2)cc1. The molecule has 0 spiro atoms. The normalized spacial score (nSPS) is 11.6. The maximum Gasteiger partial charge on any atom is 0.416 e. The van der Waals surface area contributed by atoms with E-state index in [0.29, 0.717) is 27.8 Å². The molecular formula is C28H19ClF3N3O2. The number of hydrogen-bond acceptors (Lipinski definition) is 2. The quantitative estimate of drug-likeness (QED) is 0.258. The van der Waals surface area contributed by atoms with Gasteiger partial charge in [0.2, 0.25) is 0 Å². The van der Waals surface area contributed by atoms with Gasteiger partial charge in [-0.2, -0.15) is 13.2 Å². The van der Waals surface area contributed by atoms with Crippen LogP contribution in [-0.4, -0.2) is 25.2 Å². The van der Waals surface area contributed by atoms with E-state index < -0.39 is 17.7 Å². The van der Waals surface area contributed by atoms with E-state index in [4.69, 9.17) is 11.6 Å². The van der Waals surface area contributed by atoms with E-state index in [0.717, 1.165) is 28.9 Å². The lowest BCUT2D eigenvalue weighted by atomic mass is 10.1. The standard InChI is InChI=1S/C28H19ClF3N3O2/c1-17-24(27(36)37)14-26(19-5-9-21(29)10-6-19)35(17)22-11-7-18(8-12-22)25-15-34(16-33-25)23-4-2-3-20(13-23)28(30,31)32/h2-16H,1H3,(H,36,37). The van der Waals surface area contributed by atoms with Gasteiger partial charge in [-0.15, -0.1) is 0 Å². The second-order valence-corrected chi connectivity index (χ2v) is 8.87. The lowest BCUT2D eigenvalue weighted by Crippen LogP contribution is -2.05. The first-order valence-corrected chi connectivity index (χ1v) is 11.5. The number of carboxylic acids is 1. The molecule has 37 heavy (non-hydrogen) atoms. The Morgan fingerprint density at radius 1 is 0.919 bits per heavy atom. The zero-order valence-corrected chi connectivity index (χ0v) is 20.1. The summed E-state index contributed by atoms with van der Waals surface area (Å²) in [7, 11) is 0. The molecule has 0 atom stereocenters. The second-order valence-electron chi connectivity index (χ2n) is 8.44. The summed E-state index contributed by atoms with van der Waals surface area (Å²) in [5, 5.41) is 10.3. The largest absolute Gasteiger partial charge is 0.478 e. The van der Waals surface area contributed by atoms with Crippen molar-refractivity contribution < 1.29 is 23.1 Å². The number of imidazole rings is 1. The third-order valence-electron chi connectivity index (χ3n) is 6.09. The molecule has 0 bridgehead atoms. The van der Waals surface area contributed by atoms with Crippen molar-refractivity contribution in [1.29, 1.82) is 0 Å². The van der Waals surface area contributed by atoms with Crippen molar-refractivity contribution in [2.75, 3.05) is 0 Å². The number of aromatic carboxylic acids is 1. The minimum absolute atomic E-state index is 0.189. The molecule has 1 N–H and O–H groups in total. The number of carbonyl (C=O) groups is 1. The number of aromatic nitrogens is 3. The van der Waals surface area contributed by atoms with E-state index in [-0.39, 0.29) is 5.56 Å². The van der Waals surface area contributed by atoms with Gasteiger partial charge in [-0.05, 0) is 61.0 Å². The first kappa shape index (κ1) is 24.4. The molecule has 0 amide bonds. The summed E-state index contributed by atoms with van der Waals surface area (Å²) in [6.07, 6.45) is -1.31. The maximum atomic E-state index is 13.1. The van der Waals surface area contributed by atoms with Crippen molar-refractivity contribution in [1.82, 2.24) is 14.1 Å². The van der Waals surface area contributed by atoms with Crippen molar-refractivity contribution >= 4 is 17.6 Å². The van der Waals surface area contributed by atoms with Crippen LogP contribution in [0.3, 0.4) is 0 Å². The summed E-state index contributed by atoms with van der Waals surface area (Å²) in [5.74, 6) is -1.02. The van der Waals surface area contributed by atoms with Crippen LogP contribution in [0.25, 0.3) is 33.9 Å². The van der Waals surface area contributed by atoms with E-state index in [1.807, 2.05) is 41.0 Å². The van der Waals surface area contributed by atoms with Gasteiger partial charge < -0.3 is 14.2 Å². The Hall–Kier alpha value is -4.30.